The largest absolute Gasteiger partial charge is 0.393 e. The minimum absolute atomic E-state index is 0.0964. The molecule has 1 aliphatic carbocycles. The van der Waals surface area contributed by atoms with Crippen LogP contribution in [-0.2, 0) is 10.2 Å². The highest BCUT2D eigenvalue weighted by Gasteiger charge is 2.42. The van der Waals surface area contributed by atoms with Crippen LogP contribution in [0.1, 0.15) is 61.0 Å². The monoisotopic (exact) mass is 641 g/mol. The molecule has 10 nitrogen and oxygen atoms in total. The zero-order valence-electron chi connectivity index (χ0n) is 22.0. The van der Waals surface area contributed by atoms with E-state index >= 15 is 0 Å². The van der Waals surface area contributed by atoms with Crippen LogP contribution in [0.15, 0.2) is 52.7 Å². The van der Waals surface area contributed by atoms with Crippen LogP contribution < -0.4 is 9.44 Å². The zero-order chi connectivity index (χ0) is 29.6. The number of benzene rings is 1. The van der Waals surface area contributed by atoms with Gasteiger partial charge in [-0.2, -0.15) is 31.7 Å². The van der Waals surface area contributed by atoms with Crippen LogP contribution in [0.25, 0.3) is 5.57 Å². The summed E-state index contributed by atoms with van der Waals surface area (Å²) in [4.78, 5) is 11.2. The van der Waals surface area contributed by atoms with E-state index in [4.69, 9.17) is 16.6 Å². The summed E-state index contributed by atoms with van der Waals surface area (Å²) in [6.07, 6.45) is 4.65. The molecule has 1 saturated heterocycles. The van der Waals surface area contributed by atoms with E-state index in [0.717, 1.165) is 12.3 Å². The number of fused-ring (bicyclic) bond motifs is 1. The van der Waals surface area contributed by atoms with Crippen molar-refractivity contribution in [2.24, 2.45) is 4.99 Å². The van der Waals surface area contributed by atoms with Crippen LogP contribution in [-0.4, -0.2) is 63.8 Å². The summed E-state index contributed by atoms with van der Waals surface area (Å²) >= 11 is 7.82. The number of hydrogen-bond donors (Lipinski definition) is 3. The molecule has 1 saturated carbocycles. The molecule has 42 heavy (non-hydrogen) atoms. The van der Waals surface area contributed by atoms with Gasteiger partial charge in [0.05, 0.1) is 11.8 Å². The Morgan fingerprint density at radius 3 is 2.55 bits per heavy atom. The Morgan fingerprint density at radius 2 is 1.88 bits per heavy atom. The summed E-state index contributed by atoms with van der Waals surface area (Å²) in [5, 5.41) is 16.3. The number of thiazole rings is 1. The van der Waals surface area contributed by atoms with Crippen LogP contribution in [0.2, 0.25) is 5.02 Å². The molecule has 2 atom stereocenters. The number of halogens is 4. The number of rotatable bonds is 8. The molecule has 2 aliphatic heterocycles. The normalized spacial score (nSPS) is 24.8. The lowest BCUT2D eigenvalue weighted by Gasteiger charge is -2.32. The van der Waals surface area contributed by atoms with E-state index in [2.05, 4.69) is 19.5 Å². The smallest absolute Gasteiger partial charge is 0.333 e. The SMILES string of the molecule is O=S(=O)(N[C@H]1CC2=C(c3ccn(C(F)F)n3)[C@H](c3ccc(F)cc3Cl)N=C(c3nccs3)N2C1)N[C@H]1CC[C@H](O)CC1. The van der Waals surface area contributed by atoms with Crippen molar-refractivity contribution in [1.29, 1.82) is 0 Å². The maximum atomic E-state index is 14.0. The summed E-state index contributed by atoms with van der Waals surface area (Å²) in [5.41, 5.74) is 1.73. The van der Waals surface area contributed by atoms with E-state index in [1.165, 1.54) is 29.5 Å². The molecule has 3 aromatic rings. The number of aromatic nitrogens is 3. The van der Waals surface area contributed by atoms with Gasteiger partial charge in [0.15, 0.2) is 10.8 Å². The third-order valence-electron chi connectivity index (χ3n) is 7.57. The average Bonchev–Trinajstić information content (AvgIpc) is 3.70. The van der Waals surface area contributed by atoms with Gasteiger partial charge in [-0.25, -0.2) is 14.1 Å². The second kappa shape index (κ2) is 11.7. The molecule has 0 spiro atoms. The highest BCUT2D eigenvalue weighted by molar-refractivity contribution is 7.87. The minimum atomic E-state index is -3.93. The fourth-order valence-corrected chi connectivity index (χ4v) is 7.95. The summed E-state index contributed by atoms with van der Waals surface area (Å²) in [5.74, 6) is -0.0878. The molecule has 224 valence electrons. The maximum absolute atomic E-state index is 14.0. The molecule has 2 aromatic heterocycles. The Hall–Kier alpha value is -2.82. The van der Waals surface area contributed by atoms with Gasteiger partial charge in [-0.05, 0) is 43.9 Å². The molecule has 0 unspecified atom stereocenters. The first kappa shape index (κ1) is 29.3. The average molecular weight is 642 g/mol. The Labute approximate surface area is 249 Å². The highest BCUT2D eigenvalue weighted by atomic mass is 35.5. The lowest BCUT2D eigenvalue weighted by molar-refractivity contribution is 0.0564. The predicted molar refractivity (Wildman–Crippen MR) is 152 cm³/mol. The quantitative estimate of drug-likeness (QED) is 0.338. The van der Waals surface area contributed by atoms with Gasteiger partial charge in [-0.1, -0.05) is 17.7 Å². The van der Waals surface area contributed by atoms with Crippen molar-refractivity contribution in [3.8, 4) is 0 Å². The number of amidine groups is 1. The number of aliphatic hydroxyl groups is 1. The van der Waals surface area contributed by atoms with Gasteiger partial charge in [0.2, 0.25) is 0 Å². The molecule has 0 radical (unpaired) electrons. The first-order valence-corrected chi connectivity index (χ1v) is 16.1. The Balaban J connectivity index is 1.40. The predicted octanol–water partition coefficient (Wildman–Crippen LogP) is 4.24. The van der Waals surface area contributed by atoms with Crippen LogP contribution in [0.4, 0.5) is 13.2 Å². The molecule has 16 heteroatoms. The van der Waals surface area contributed by atoms with Gasteiger partial charge >= 0.3 is 6.55 Å². The van der Waals surface area contributed by atoms with Crippen molar-refractivity contribution in [2.45, 2.75) is 62.9 Å². The van der Waals surface area contributed by atoms with E-state index in [9.17, 15) is 26.7 Å². The van der Waals surface area contributed by atoms with Gasteiger partial charge in [-0.15, -0.1) is 11.3 Å². The van der Waals surface area contributed by atoms with E-state index in [-0.39, 0.29) is 29.7 Å². The summed E-state index contributed by atoms with van der Waals surface area (Å²) in [7, 11) is -3.93. The molecule has 0 amide bonds. The molecular weight excluding hydrogens is 615 g/mol. The van der Waals surface area contributed by atoms with Crippen molar-refractivity contribution in [2.75, 3.05) is 6.54 Å². The molecule has 1 aromatic carbocycles. The first-order valence-electron chi connectivity index (χ1n) is 13.3. The third-order valence-corrected chi connectivity index (χ3v) is 9.95. The van der Waals surface area contributed by atoms with Gasteiger partial charge < -0.3 is 10.0 Å². The second-order valence-electron chi connectivity index (χ2n) is 10.4. The molecule has 0 bridgehead atoms. The number of nitrogens with one attached hydrogen (secondary N) is 2. The topological polar surface area (TPSA) is 125 Å². The van der Waals surface area contributed by atoms with Crippen molar-refractivity contribution >= 4 is 44.6 Å². The fourth-order valence-electron chi connectivity index (χ4n) is 5.70. The molecule has 2 fully saturated rings. The molecular formula is C26H27ClF3N7O3S2. The summed E-state index contributed by atoms with van der Waals surface area (Å²) < 4.78 is 73.3. The van der Waals surface area contributed by atoms with Gasteiger partial charge in [0, 0.05) is 64.7 Å². The van der Waals surface area contributed by atoms with E-state index in [1.54, 1.807) is 11.6 Å². The number of alkyl halides is 2. The lowest BCUT2D eigenvalue weighted by Crippen LogP contribution is -2.48. The molecule has 4 heterocycles. The number of aliphatic hydroxyl groups excluding tert-OH is 1. The van der Waals surface area contributed by atoms with Crippen molar-refractivity contribution < 1.29 is 26.7 Å². The Morgan fingerprint density at radius 1 is 1.12 bits per heavy atom. The number of aliphatic imine (C=N–C) groups is 1. The van der Waals surface area contributed by atoms with Gasteiger partial charge in [-0.3, -0.25) is 4.99 Å². The third kappa shape index (κ3) is 5.98. The van der Waals surface area contributed by atoms with Crippen LogP contribution >= 0.6 is 22.9 Å². The zero-order valence-corrected chi connectivity index (χ0v) is 24.4. The lowest BCUT2D eigenvalue weighted by atomic mass is 9.92. The maximum Gasteiger partial charge on any atom is 0.333 e. The van der Waals surface area contributed by atoms with Gasteiger partial charge in [0.1, 0.15) is 11.9 Å². The van der Waals surface area contributed by atoms with Crippen LogP contribution in [0.5, 0.6) is 0 Å². The highest BCUT2D eigenvalue weighted by Crippen LogP contribution is 2.46. The van der Waals surface area contributed by atoms with Crippen LogP contribution in [0.3, 0.4) is 0 Å². The second-order valence-corrected chi connectivity index (χ2v) is 13.2. The van der Waals surface area contributed by atoms with Crippen LogP contribution in [0, 0.1) is 5.82 Å². The first-order chi connectivity index (χ1) is 20.1. The Kier molecular flexibility index (Phi) is 8.15. The molecule has 3 aliphatic rings. The van der Waals surface area contributed by atoms with Gasteiger partial charge in [0.25, 0.3) is 10.2 Å². The van der Waals surface area contributed by atoms with E-state index in [0.29, 0.717) is 58.0 Å². The standard InChI is InChI=1S/C26H27ClF3N7O3S2/c27-19-11-14(28)1-6-18(19)23-22(20-7-9-37(33-20)26(29)30)21-12-16(13-36(21)24(32-23)25-31-8-10-41-25)35-42(39,40)34-15-2-4-17(38)5-3-15/h1,6-11,15-17,23,26,34-35,38H,2-5,12-13H2/t15-,16-,17-,23-/m0/s1. The Bertz CT molecular complexity index is 1620. The summed E-state index contributed by atoms with van der Waals surface area (Å²) in [6.45, 7) is -2.68. The van der Waals surface area contributed by atoms with Crippen molar-refractivity contribution in [1.82, 2.24) is 29.1 Å². The fraction of sp³-hybridized carbons (Fsp3) is 0.423. The molecule has 6 rings (SSSR count). The van der Waals surface area contributed by atoms with E-state index in [1.807, 2.05) is 4.90 Å². The molecule has 3 N–H and O–H groups in total. The minimum Gasteiger partial charge on any atom is -0.393 e. The van der Waals surface area contributed by atoms with E-state index < -0.39 is 40.8 Å². The van der Waals surface area contributed by atoms with Crippen molar-refractivity contribution in [3.05, 3.63) is 74.8 Å². The number of hydrogen-bond acceptors (Lipinski definition) is 8. The summed E-state index contributed by atoms with van der Waals surface area (Å²) in [6, 6.07) is 3.58. The number of nitrogens with zero attached hydrogens (tertiary/aromatic N) is 5. The van der Waals surface area contributed by atoms with Crippen molar-refractivity contribution in [3.63, 3.8) is 0 Å².